The second-order valence-corrected chi connectivity index (χ2v) is 33.2. The molecular weight excluding hydrogens is 673 g/mol. The third-order valence-electron chi connectivity index (χ3n) is 14.3. The molecule has 0 spiro atoms. The molecule has 272 valence electrons. The Labute approximate surface area is 294 Å². The van der Waals surface area contributed by atoms with Crippen molar-refractivity contribution in [1.82, 2.24) is 0 Å². The van der Waals surface area contributed by atoms with Gasteiger partial charge in [0.2, 0.25) is 0 Å². The third kappa shape index (κ3) is 6.65. The minimum absolute atomic E-state index is 0.0486. The molecule has 12 heteroatoms. The molecule has 0 aromatic heterocycles. The Morgan fingerprint density at radius 1 is 0.396 bits per heavy atom. The fourth-order valence-electron chi connectivity index (χ4n) is 11.7. The molecule has 0 aromatic carbocycles. The topological polar surface area (TPSA) is 87.0 Å². The molecule has 9 aliphatic rings. The van der Waals surface area contributed by atoms with E-state index in [1.165, 1.54) is 103 Å². The van der Waals surface area contributed by atoms with Gasteiger partial charge in [0.1, 0.15) is 0 Å². The smallest absolute Gasteiger partial charge is 0.320 e. The maximum absolute atomic E-state index is 8.16. The SMILES string of the molecule is C[Si]1(C)O[Si](C)(C)O[Si](CCC23CCCCC2O3)(CCC23CCCCC2O3)O[Si](CCC23CCCCC2O3)(CCC23CCCCC2O3)O1. The Morgan fingerprint density at radius 2 is 0.688 bits per heavy atom. The van der Waals surface area contributed by atoms with E-state index in [-0.39, 0.29) is 22.4 Å². The number of rotatable bonds is 12. The van der Waals surface area contributed by atoms with Crippen molar-refractivity contribution in [3.8, 4) is 0 Å². The van der Waals surface area contributed by atoms with Crippen LogP contribution < -0.4 is 0 Å². The van der Waals surface area contributed by atoms with Crippen molar-refractivity contribution in [2.45, 2.75) is 226 Å². The summed E-state index contributed by atoms with van der Waals surface area (Å²) in [5.41, 5.74) is 0.194. The fraction of sp³-hybridized carbons (Fsp3) is 1.00. The van der Waals surface area contributed by atoms with E-state index >= 15 is 0 Å². The van der Waals surface area contributed by atoms with E-state index in [1.807, 2.05) is 0 Å². The van der Waals surface area contributed by atoms with Crippen LogP contribution in [0.1, 0.15) is 128 Å². The summed E-state index contributed by atoms with van der Waals surface area (Å²) in [4.78, 5) is 0. The summed E-state index contributed by atoms with van der Waals surface area (Å²) in [7, 11) is -10.8. The molecule has 8 nitrogen and oxygen atoms in total. The highest BCUT2D eigenvalue weighted by molar-refractivity contribution is 6.94. The van der Waals surface area contributed by atoms with E-state index in [1.54, 1.807) is 0 Å². The predicted octanol–water partition coefficient (Wildman–Crippen LogP) is 8.76. The monoisotopic (exact) mass is 736 g/mol. The second-order valence-electron chi connectivity index (χ2n) is 18.7. The maximum atomic E-state index is 8.16. The lowest BCUT2D eigenvalue weighted by atomic mass is 9.87. The van der Waals surface area contributed by atoms with Crippen molar-refractivity contribution in [1.29, 1.82) is 0 Å². The molecule has 8 unspecified atom stereocenters. The van der Waals surface area contributed by atoms with Gasteiger partial charge < -0.3 is 35.4 Å². The highest BCUT2D eigenvalue weighted by Crippen LogP contribution is 2.58. The number of hydrogen-bond acceptors (Lipinski definition) is 8. The summed E-state index contributed by atoms with van der Waals surface area (Å²) in [6, 6.07) is 3.94. The van der Waals surface area contributed by atoms with Gasteiger partial charge in [0.25, 0.3) is 0 Å². The van der Waals surface area contributed by atoms with Crippen molar-refractivity contribution >= 4 is 34.2 Å². The number of epoxide rings is 4. The summed E-state index contributed by atoms with van der Waals surface area (Å²) in [6.45, 7) is 9.07. The van der Waals surface area contributed by atoms with Gasteiger partial charge in [-0.15, -0.1) is 0 Å². The first-order valence-corrected chi connectivity index (χ1v) is 30.5. The first-order valence-electron chi connectivity index (χ1n) is 20.4. The van der Waals surface area contributed by atoms with Crippen LogP contribution in [0.4, 0.5) is 0 Å². The predicted molar refractivity (Wildman–Crippen MR) is 193 cm³/mol. The summed E-state index contributed by atoms with van der Waals surface area (Å²) in [6.07, 6.45) is 25.9. The Hall–Kier alpha value is 0.548. The molecule has 0 N–H and O–H groups in total. The van der Waals surface area contributed by atoms with Gasteiger partial charge in [-0.3, -0.25) is 0 Å². The molecule has 4 saturated carbocycles. The molecule has 48 heavy (non-hydrogen) atoms. The molecule has 0 bridgehead atoms. The Kier molecular flexibility index (Phi) is 8.60. The zero-order valence-electron chi connectivity index (χ0n) is 30.5. The highest BCUT2D eigenvalue weighted by Gasteiger charge is 2.66. The lowest BCUT2D eigenvalue weighted by molar-refractivity contribution is 0.198. The van der Waals surface area contributed by atoms with E-state index < -0.39 is 34.2 Å². The molecule has 5 heterocycles. The molecule has 9 fully saturated rings. The molecule has 8 atom stereocenters. The Balaban J connectivity index is 1.05. The largest absolute Gasteiger partial charge is 0.416 e. The normalized spacial score (nSPS) is 51.2. The molecule has 0 amide bonds. The number of hydrogen-bond donors (Lipinski definition) is 0. The van der Waals surface area contributed by atoms with Gasteiger partial charge in [-0.25, -0.2) is 0 Å². The minimum atomic E-state index is -2.85. The summed E-state index contributed by atoms with van der Waals surface area (Å²) < 4.78 is 56.8. The van der Waals surface area contributed by atoms with Gasteiger partial charge in [-0.05, 0) is 127 Å². The van der Waals surface area contributed by atoms with Crippen molar-refractivity contribution in [2.24, 2.45) is 0 Å². The van der Waals surface area contributed by atoms with E-state index in [2.05, 4.69) is 26.2 Å². The van der Waals surface area contributed by atoms with Crippen LogP contribution in [-0.4, -0.2) is 81.1 Å². The highest BCUT2D eigenvalue weighted by atomic mass is 28.5. The number of ether oxygens (including phenoxy) is 4. The maximum Gasteiger partial charge on any atom is 0.320 e. The van der Waals surface area contributed by atoms with Crippen molar-refractivity contribution < 1.29 is 35.4 Å². The first-order chi connectivity index (χ1) is 22.9. The molecule has 5 saturated heterocycles. The fourth-order valence-corrected chi connectivity index (χ4v) is 35.5. The van der Waals surface area contributed by atoms with Crippen LogP contribution in [0.5, 0.6) is 0 Å². The third-order valence-corrected chi connectivity index (χ3v) is 32.2. The van der Waals surface area contributed by atoms with Gasteiger partial charge in [0, 0.05) is 0 Å². The first kappa shape index (κ1) is 34.3. The van der Waals surface area contributed by atoms with Gasteiger partial charge in [-0.2, -0.15) is 0 Å². The van der Waals surface area contributed by atoms with Gasteiger partial charge >= 0.3 is 34.2 Å². The molecule has 0 aromatic rings. The standard InChI is InChI=1S/C36H64O8Si4/c1-45(2)41-46(3,4)43-48(27-23-35-19-11-7-15-31(35)39-35,28-24-36-20-12-8-16-32(36)40-36)44-47(42-45,25-21-33-17-9-5-13-29(33)37-33)26-22-34-18-10-6-14-30(34)38-34/h29-32H,5-28H2,1-4H3. The van der Waals surface area contributed by atoms with Crippen LogP contribution in [0, 0.1) is 0 Å². The summed E-state index contributed by atoms with van der Waals surface area (Å²) in [5.74, 6) is 0. The second kappa shape index (κ2) is 12.0. The van der Waals surface area contributed by atoms with E-state index in [0.717, 1.165) is 49.9 Å². The average Bonchev–Trinajstić information content (AvgIpc) is 3.91. The lowest BCUT2D eigenvalue weighted by Gasteiger charge is -2.51. The van der Waals surface area contributed by atoms with Gasteiger partial charge in [0.05, 0.1) is 46.8 Å². The van der Waals surface area contributed by atoms with Crippen LogP contribution in [0.3, 0.4) is 0 Å². The molecular formula is C36H64O8Si4. The van der Waals surface area contributed by atoms with Gasteiger partial charge in [0.15, 0.2) is 0 Å². The lowest BCUT2D eigenvalue weighted by Crippen LogP contribution is -2.68. The quantitative estimate of drug-likeness (QED) is 0.145. The Bertz CT molecular complexity index is 1080. The molecule has 9 rings (SSSR count). The van der Waals surface area contributed by atoms with E-state index in [0.29, 0.717) is 24.4 Å². The van der Waals surface area contributed by atoms with Crippen LogP contribution >= 0.6 is 0 Å². The van der Waals surface area contributed by atoms with E-state index in [9.17, 15) is 0 Å². The minimum Gasteiger partial charge on any atom is -0.416 e. The molecule has 4 aliphatic carbocycles. The number of fused-ring (bicyclic) bond motifs is 4. The van der Waals surface area contributed by atoms with Crippen molar-refractivity contribution in [3.05, 3.63) is 0 Å². The van der Waals surface area contributed by atoms with Crippen LogP contribution in [0.2, 0.25) is 50.4 Å². The van der Waals surface area contributed by atoms with Crippen molar-refractivity contribution in [3.63, 3.8) is 0 Å². The van der Waals surface area contributed by atoms with Gasteiger partial charge in [-0.1, -0.05) is 51.4 Å². The van der Waals surface area contributed by atoms with Crippen molar-refractivity contribution in [2.75, 3.05) is 0 Å². The summed E-state index contributed by atoms with van der Waals surface area (Å²) >= 11 is 0. The average molecular weight is 737 g/mol. The molecule has 0 radical (unpaired) electrons. The zero-order chi connectivity index (χ0) is 32.9. The Morgan fingerprint density at radius 3 is 0.958 bits per heavy atom. The van der Waals surface area contributed by atoms with Crippen LogP contribution in [0.15, 0.2) is 0 Å². The van der Waals surface area contributed by atoms with Crippen LogP contribution in [-0.2, 0) is 35.4 Å². The molecule has 5 aliphatic heterocycles. The van der Waals surface area contributed by atoms with Crippen LogP contribution in [0.25, 0.3) is 0 Å². The van der Waals surface area contributed by atoms with E-state index in [4.69, 9.17) is 35.4 Å². The zero-order valence-corrected chi connectivity index (χ0v) is 34.5. The summed E-state index contributed by atoms with van der Waals surface area (Å²) in [5, 5.41) is 0.